The third kappa shape index (κ3) is 3.46. The Morgan fingerprint density at radius 3 is 2.54 bits per heavy atom. The molecule has 3 rings (SSSR count). The van der Waals surface area contributed by atoms with Gasteiger partial charge in [-0.05, 0) is 23.5 Å². The molecule has 0 radical (unpaired) electrons. The molecule has 2 aromatic carbocycles. The summed E-state index contributed by atoms with van der Waals surface area (Å²) in [5.41, 5.74) is 2.82. The molecule has 3 heteroatoms. The fourth-order valence-corrected chi connectivity index (χ4v) is 3.27. The van der Waals surface area contributed by atoms with Gasteiger partial charge in [0.2, 0.25) is 0 Å². The maximum atomic E-state index is 12.4. The number of Topliss-reactive ketones (excluding diaryl/α,β-unsaturated/α-hetero) is 1. The molecule has 0 aliphatic heterocycles. The second-order valence-corrected chi connectivity index (χ2v) is 6.07. The van der Waals surface area contributed by atoms with Gasteiger partial charge >= 0.3 is 5.97 Å². The molecule has 0 fully saturated rings. The molecule has 3 nitrogen and oxygen atoms in total. The van der Waals surface area contributed by atoms with Crippen molar-refractivity contribution in [3.8, 4) is 0 Å². The third-order valence-corrected chi connectivity index (χ3v) is 4.52. The first-order valence-corrected chi connectivity index (χ1v) is 8.11. The number of esters is 1. The van der Waals surface area contributed by atoms with E-state index in [2.05, 4.69) is 0 Å². The van der Waals surface area contributed by atoms with E-state index in [1.165, 1.54) is 7.11 Å². The average Bonchev–Trinajstić information content (AvgIpc) is 2.62. The number of hydrogen-bond donors (Lipinski definition) is 0. The van der Waals surface area contributed by atoms with Crippen LogP contribution in [0.4, 0.5) is 0 Å². The fraction of sp³-hybridized carbons (Fsp3) is 0.238. The summed E-state index contributed by atoms with van der Waals surface area (Å²) in [7, 11) is 1.39. The molecular weight excluding hydrogens is 300 g/mol. The van der Waals surface area contributed by atoms with E-state index in [1.807, 2.05) is 66.7 Å². The SMILES string of the molecule is COC(=O)[C@H](/C=C/c1ccccc1)[C@H]1CC(=O)c2ccccc2C1. The van der Waals surface area contributed by atoms with Crippen molar-refractivity contribution in [2.24, 2.45) is 11.8 Å². The van der Waals surface area contributed by atoms with Gasteiger partial charge in [0.05, 0.1) is 13.0 Å². The van der Waals surface area contributed by atoms with Crippen LogP contribution in [0.5, 0.6) is 0 Å². The topological polar surface area (TPSA) is 43.4 Å². The Morgan fingerprint density at radius 1 is 1.08 bits per heavy atom. The van der Waals surface area contributed by atoms with E-state index in [1.54, 1.807) is 0 Å². The van der Waals surface area contributed by atoms with Crippen LogP contribution in [-0.2, 0) is 16.0 Å². The minimum atomic E-state index is -0.424. The van der Waals surface area contributed by atoms with E-state index in [0.29, 0.717) is 12.8 Å². The van der Waals surface area contributed by atoms with E-state index in [0.717, 1.165) is 16.7 Å². The highest BCUT2D eigenvalue weighted by molar-refractivity contribution is 5.99. The molecule has 24 heavy (non-hydrogen) atoms. The summed E-state index contributed by atoms with van der Waals surface area (Å²) < 4.78 is 4.98. The first-order chi connectivity index (χ1) is 11.7. The van der Waals surface area contributed by atoms with Gasteiger partial charge in [-0.3, -0.25) is 9.59 Å². The van der Waals surface area contributed by atoms with Gasteiger partial charge in [-0.15, -0.1) is 0 Å². The molecular formula is C21H20O3. The van der Waals surface area contributed by atoms with E-state index >= 15 is 0 Å². The van der Waals surface area contributed by atoms with E-state index < -0.39 is 5.92 Å². The zero-order chi connectivity index (χ0) is 16.9. The monoisotopic (exact) mass is 320 g/mol. The summed E-state index contributed by atoms with van der Waals surface area (Å²) in [6.07, 6.45) is 4.87. The fourth-order valence-electron chi connectivity index (χ4n) is 3.27. The van der Waals surface area contributed by atoms with Crippen molar-refractivity contribution in [1.29, 1.82) is 0 Å². The molecule has 1 aliphatic rings. The predicted octanol–water partition coefficient (Wildman–Crippen LogP) is 3.93. The van der Waals surface area contributed by atoms with Crippen LogP contribution in [0.3, 0.4) is 0 Å². The van der Waals surface area contributed by atoms with Crippen LogP contribution in [0.2, 0.25) is 0 Å². The Labute approximate surface area is 142 Å². The highest BCUT2D eigenvalue weighted by Gasteiger charge is 2.33. The van der Waals surface area contributed by atoms with Crippen LogP contribution >= 0.6 is 0 Å². The van der Waals surface area contributed by atoms with E-state index in [4.69, 9.17) is 4.74 Å². The lowest BCUT2D eigenvalue weighted by molar-refractivity contribution is -0.145. The van der Waals surface area contributed by atoms with Crippen molar-refractivity contribution in [2.75, 3.05) is 7.11 Å². The highest BCUT2D eigenvalue weighted by Crippen LogP contribution is 2.32. The summed E-state index contributed by atoms with van der Waals surface area (Å²) in [5.74, 6) is -0.685. The number of methoxy groups -OCH3 is 1. The number of hydrogen-bond acceptors (Lipinski definition) is 3. The van der Waals surface area contributed by atoms with Crippen molar-refractivity contribution in [1.82, 2.24) is 0 Å². The van der Waals surface area contributed by atoms with Crippen molar-refractivity contribution in [2.45, 2.75) is 12.8 Å². The lowest BCUT2D eigenvalue weighted by Crippen LogP contribution is -2.30. The molecule has 0 saturated heterocycles. The first-order valence-electron chi connectivity index (χ1n) is 8.11. The lowest BCUT2D eigenvalue weighted by Gasteiger charge is -2.27. The minimum absolute atomic E-state index is 0.0696. The zero-order valence-corrected chi connectivity index (χ0v) is 13.6. The number of carbonyl (C=O) groups excluding carboxylic acids is 2. The molecule has 2 aromatic rings. The van der Waals surface area contributed by atoms with Crippen LogP contribution in [0, 0.1) is 11.8 Å². The zero-order valence-electron chi connectivity index (χ0n) is 13.6. The number of carbonyl (C=O) groups is 2. The Bertz CT molecular complexity index is 762. The Balaban J connectivity index is 1.86. The molecule has 0 spiro atoms. The smallest absolute Gasteiger partial charge is 0.312 e. The molecule has 122 valence electrons. The van der Waals surface area contributed by atoms with Crippen molar-refractivity contribution in [3.05, 3.63) is 77.4 Å². The van der Waals surface area contributed by atoms with Gasteiger partial charge in [0, 0.05) is 12.0 Å². The lowest BCUT2D eigenvalue weighted by atomic mass is 9.76. The van der Waals surface area contributed by atoms with Crippen molar-refractivity contribution >= 4 is 17.8 Å². The third-order valence-electron chi connectivity index (χ3n) is 4.52. The van der Waals surface area contributed by atoms with Crippen LogP contribution in [0.25, 0.3) is 6.08 Å². The molecule has 0 aromatic heterocycles. The molecule has 0 saturated carbocycles. The maximum Gasteiger partial charge on any atom is 0.312 e. The minimum Gasteiger partial charge on any atom is -0.469 e. The Hall–Kier alpha value is -2.68. The Kier molecular flexibility index (Phi) is 4.90. The number of fused-ring (bicyclic) bond motifs is 1. The van der Waals surface area contributed by atoms with Gasteiger partial charge in [-0.1, -0.05) is 66.7 Å². The summed E-state index contributed by atoms with van der Waals surface area (Å²) in [6, 6.07) is 17.5. The number of rotatable bonds is 4. The summed E-state index contributed by atoms with van der Waals surface area (Å²) in [5, 5.41) is 0. The standard InChI is InChI=1S/C21H20O3/c1-24-21(23)19(12-11-15-7-3-2-4-8-15)17-13-16-9-5-6-10-18(16)20(22)14-17/h2-12,17,19H,13-14H2,1H3/b12-11+/t17-,19-/m1/s1. The summed E-state index contributed by atoms with van der Waals surface area (Å²) >= 11 is 0. The van der Waals surface area contributed by atoms with Crippen molar-refractivity contribution in [3.63, 3.8) is 0 Å². The maximum absolute atomic E-state index is 12.4. The quantitative estimate of drug-likeness (QED) is 0.802. The second kappa shape index (κ2) is 7.26. The van der Waals surface area contributed by atoms with Gasteiger partial charge < -0.3 is 4.74 Å². The number of benzene rings is 2. The number of ketones is 1. The van der Waals surface area contributed by atoms with E-state index in [-0.39, 0.29) is 17.7 Å². The van der Waals surface area contributed by atoms with Crippen LogP contribution in [-0.4, -0.2) is 18.9 Å². The summed E-state index contributed by atoms with van der Waals surface area (Å²) in [6.45, 7) is 0. The normalized spacial score (nSPS) is 18.2. The van der Waals surface area contributed by atoms with Gasteiger partial charge in [-0.2, -0.15) is 0 Å². The highest BCUT2D eigenvalue weighted by atomic mass is 16.5. The van der Waals surface area contributed by atoms with Crippen LogP contribution in [0.15, 0.2) is 60.7 Å². The molecule has 2 atom stereocenters. The Morgan fingerprint density at radius 2 is 1.79 bits per heavy atom. The van der Waals surface area contributed by atoms with E-state index in [9.17, 15) is 9.59 Å². The summed E-state index contributed by atoms with van der Waals surface area (Å²) in [4.78, 5) is 24.7. The molecule has 0 unspecified atom stereocenters. The molecule has 0 amide bonds. The molecule has 0 heterocycles. The largest absolute Gasteiger partial charge is 0.469 e. The predicted molar refractivity (Wildman–Crippen MR) is 93.6 cm³/mol. The number of ether oxygens (including phenoxy) is 1. The van der Waals surface area contributed by atoms with Crippen LogP contribution in [0.1, 0.15) is 27.9 Å². The van der Waals surface area contributed by atoms with Gasteiger partial charge in [0.15, 0.2) is 5.78 Å². The van der Waals surface area contributed by atoms with Crippen LogP contribution < -0.4 is 0 Å². The molecule has 0 N–H and O–H groups in total. The van der Waals surface area contributed by atoms with Gasteiger partial charge in [0.1, 0.15) is 0 Å². The van der Waals surface area contributed by atoms with Gasteiger partial charge in [-0.25, -0.2) is 0 Å². The second-order valence-electron chi connectivity index (χ2n) is 6.07. The molecule has 0 bridgehead atoms. The first kappa shape index (κ1) is 16.2. The molecule has 1 aliphatic carbocycles. The average molecular weight is 320 g/mol. The van der Waals surface area contributed by atoms with Crippen molar-refractivity contribution < 1.29 is 14.3 Å². The van der Waals surface area contributed by atoms with Gasteiger partial charge in [0.25, 0.3) is 0 Å².